The van der Waals surface area contributed by atoms with Crippen molar-refractivity contribution in [3.05, 3.63) is 12.2 Å². The largest absolute Gasteiger partial charge is 0.382 e. The molecule has 0 amide bonds. The van der Waals surface area contributed by atoms with Crippen LogP contribution in [-0.2, 0) is 15.7 Å². The van der Waals surface area contributed by atoms with Gasteiger partial charge in [-0.2, -0.15) is 0 Å². The molecule has 0 aliphatic carbocycles. The summed E-state index contributed by atoms with van der Waals surface area (Å²) in [6.45, 7) is 0. The van der Waals surface area contributed by atoms with E-state index < -0.39 is 0 Å². The molecule has 2 aromatic heterocycles. The average Bonchev–Trinajstić information content (AvgIpc) is 2.79. The summed E-state index contributed by atoms with van der Waals surface area (Å²) in [4.78, 5) is 15.3. The van der Waals surface area contributed by atoms with Crippen LogP contribution in [0.3, 0.4) is 0 Å². The Morgan fingerprint density at radius 3 is 3.12 bits per heavy atom. The highest BCUT2D eigenvalue weighted by molar-refractivity contribution is 7.24. The minimum absolute atomic E-state index is 0.0389. The maximum Gasteiger partial charge on any atom is 0.187 e. The zero-order valence-corrected chi connectivity index (χ0v) is 10.1. The molecule has 0 spiro atoms. The molecule has 7 nitrogen and oxygen atoms in total. The molecule has 90 valence electrons. The molecule has 1 atom stereocenters. The summed E-state index contributed by atoms with van der Waals surface area (Å²) < 4.78 is 15.7. The van der Waals surface area contributed by atoms with Crippen molar-refractivity contribution in [1.29, 1.82) is 0 Å². The Kier molecular flexibility index (Phi) is 3.61. The Balaban J connectivity index is 2.16. The fourth-order valence-corrected chi connectivity index (χ4v) is 1.80. The molecule has 3 N–H and O–H groups in total. The Morgan fingerprint density at radius 1 is 1.59 bits per heavy atom. The van der Waals surface area contributed by atoms with Gasteiger partial charge in [-0.15, -0.1) is 0 Å². The van der Waals surface area contributed by atoms with Crippen LogP contribution in [-0.4, -0.2) is 32.9 Å². The van der Waals surface area contributed by atoms with E-state index in [-0.39, 0.29) is 14.3 Å². The van der Waals surface area contributed by atoms with Crippen LogP contribution in [0.5, 0.6) is 0 Å². The van der Waals surface area contributed by atoms with Crippen molar-refractivity contribution in [3.8, 4) is 0 Å². The summed E-state index contributed by atoms with van der Waals surface area (Å²) in [6.07, 6.45) is 2.63. The molecule has 0 bridgehead atoms. The van der Waals surface area contributed by atoms with Gasteiger partial charge in [0, 0.05) is 13.5 Å². The van der Waals surface area contributed by atoms with Crippen molar-refractivity contribution in [1.82, 2.24) is 19.9 Å². The predicted molar refractivity (Wildman–Crippen MR) is 62.8 cm³/mol. The monoisotopic (exact) mass is 253 g/mol. The molecule has 1 unspecified atom stereocenters. The van der Waals surface area contributed by atoms with Crippen LogP contribution in [0.4, 0.5) is 5.82 Å². The van der Waals surface area contributed by atoms with Crippen LogP contribution >= 0.6 is 8.46 Å². The predicted octanol–water partition coefficient (Wildman–Crippen LogP) is 1.13. The first kappa shape index (κ1) is 11.9. The quantitative estimate of drug-likeness (QED) is 0.773. The number of hydrogen-bond acceptors (Lipinski definition) is 6. The Hall–Kier alpha value is -1.59. The second kappa shape index (κ2) is 5.16. The smallest absolute Gasteiger partial charge is 0.187 e. The zero-order chi connectivity index (χ0) is 12.3. The number of H-pyrrole nitrogens is 1. The maximum atomic E-state index is 10.7. The number of aromatic nitrogens is 4. The molecule has 17 heavy (non-hydrogen) atoms. The second-order valence-electron chi connectivity index (χ2n) is 3.46. The molecular formula is C9H12N5O2P. The van der Waals surface area contributed by atoms with E-state index in [0.29, 0.717) is 35.6 Å². The van der Waals surface area contributed by atoms with E-state index in [0.717, 1.165) is 0 Å². The lowest BCUT2D eigenvalue weighted by molar-refractivity contribution is 0.160. The van der Waals surface area contributed by atoms with Crippen LogP contribution in [0.2, 0.25) is 0 Å². The van der Waals surface area contributed by atoms with Crippen molar-refractivity contribution in [2.45, 2.75) is 18.7 Å². The molecule has 0 fully saturated rings. The minimum atomic E-state index is -0.338. The van der Waals surface area contributed by atoms with Gasteiger partial charge >= 0.3 is 0 Å². The lowest BCUT2D eigenvalue weighted by Crippen LogP contribution is -2.07. The van der Waals surface area contributed by atoms with Crippen molar-refractivity contribution in [2.24, 2.45) is 0 Å². The Morgan fingerprint density at radius 2 is 2.41 bits per heavy atom. The van der Waals surface area contributed by atoms with E-state index in [2.05, 4.69) is 19.9 Å². The number of rotatable bonds is 5. The normalized spacial score (nSPS) is 13.2. The van der Waals surface area contributed by atoms with E-state index in [1.165, 1.54) is 13.4 Å². The van der Waals surface area contributed by atoms with Crippen molar-refractivity contribution in [3.63, 3.8) is 0 Å². The number of ether oxygens (including phenoxy) is 1. The highest BCUT2D eigenvalue weighted by Gasteiger charge is 2.11. The van der Waals surface area contributed by atoms with E-state index in [1.54, 1.807) is 0 Å². The number of hydrogen-bond donors (Lipinski definition) is 2. The molecule has 0 aromatic carbocycles. The summed E-state index contributed by atoms with van der Waals surface area (Å²) in [7, 11) is 1.48. The molecule has 2 heterocycles. The molecule has 0 aliphatic rings. The van der Waals surface area contributed by atoms with Crippen LogP contribution in [0.25, 0.3) is 11.2 Å². The topological polar surface area (TPSA) is 107 Å². The number of aryl methyl sites for hydroxylation is 1. The van der Waals surface area contributed by atoms with E-state index >= 15 is 0 Å². The van der Waals surface area contributed by atoms with Crippen molar-refractivity contribution >= 4 is 25.4 Å². The molecular weight excluding hydrogens is 241 g/mol. The fourth-order valence-electron chi connectivity index (χ4n) is 1.48. The summed E-state index contributed by atoms with van der Waals surface area (Å²) in [5.74, 6) is 0.610. The van der Waals surface area contributed by atoms with Crippen molar-refractivity contribution < 1.29 is 9.30 Å². The number of nitrogens with two attached hydrogens (primary N) is 1. The van der Waals surface area contributed by atoms with Crippen molar-refractivity contribution in [2.75, 3.05) is 12.8 Å². The van der Waals surface area contributed by atoms with Gasteiger partial charge in [-0.25, -0.2) is 15.0 Å². The number of fused-ring (bicyclic) bond motifs is 1. The third-order valence-corrected chi connectivity index (χ3v) is 3.07. The molecule has 0 aliphatic heterocycles. The Bertz CT molecular complexity index is 529. The average molecular weight is 253 g/mol. The Labute approximate surface area is 99.0 Å². The number of nitrogens with zero attached hydrogens (tertiary/aromatic N) is 3. The van der Waals surface area contributed by atoms with Gasteiger partial charge in [0.1, 0.15) is 17.2 Å². The highest BCUT2D eigenvalue weighted by Crippen LogP contribution is 2.17. The number of nitrogen functional groups attached to an aromatic ring is 1. The van der Waals surface area contributed by atoms with Gasteiger partial charge in [0.2, 0.25) is 0 Å². The highest BCUT2D eigenvalue weighted by atomic mass is 31.1. The summed E-state index contributed by atoms with van der Waals surface area (Å²) >= 11 is 0. The molecule has 2 rings (SSSR count). The molecule has 0 saturated heterocycles. The summed E-state index contributed by atoms with van der Waals surface area (Å²) in [5, 5.41) is 0. The SMILES string of the molecule is COC(CCc1nc(N)c2[nH]cnc2n1)P=O. The number of methoxy groups -OCH3 is 1. The van der Waals surface area contributed by atoms with Gasteiger partial charge in [0.25, 0.3) is 0 Å². The summed E-state index contributed by atoms with van der Waals surface area (Å²) in [6, 6.07) is 0. The molecule has 0 radical (unpaired) electrons. The number of aromatic amines is 1. The number of nitrogens with one attached hydrogen (secondary N) is 1. The van der Waals surface area contributed by atoms with Crippen LogP contribution in [0.15, 0.2) is 6.33 Å². The number of anilines is 1. The maximum absolute atomic E-state index is 10.7. The van der Waals surface area contributed by atoms with Gasteiger partial charge in [-0.3, -0.25) is 4.57 Å². The third-order valence-electron chi connectivity index (χ3n) is 2.36. The summed E-state index contributed by atoms with van der Waals surface area (Å²) in [5.41, 5.74) is 6.94. The van der Waals surface area contributed by atoms with E-state index in [4.69, 9.17) is 10.5 Å². The fraction of sp³-hybridized carbons (Fsp3) is 0.444. The first-order valence-corrected chi connectivity index (χ1v) is 5.93. The van der Waals surface area contributed by atoms with Gasteiger partial charge in [0.15, 0.2) is 19.9 Å². The van der Waals surface area contributed by atoms with Gasteiger partial charge < -0.3 is 15.5 Å². The lowest BCUT2D eigenvalue weighted by atomic mass is 10.3. The first-order chi connectivity index (χ1) is 8.24. The van der Waals surface area contributed by atoms with E-state index in [9.17, 15) is 4.57 Å². The van der Waals surface area contributed by atoms with Gasteiger partial charge in [-0.05, 0) is 6.42 Å². The third kappa shape index (κ3) is 2.57. The molecule has 0 saturated carbocycles. The molecule has 8 heteroatoms. The van der Waals surface area contributed by atoms with E-state index in [1.807, 2.05) is 0 Å². The standard InChI is InChI=1S/C9H12N5O2P/c1-16-6(17-15)3-2-5-13-8(10)7-9(14-5)12-4-11-7/h4,6H,2-3H2,1H3,(H3,10,11,12,13,14). The first-order valence-electron chi connectivity index (χ1n) is 5.05. The van der Waals surface area contributed by atoms with Crippen LogP contribution < -0.4 is 5.73 Å². The zero-order valence-electron chi connectivity index (χ0n) is 9.25. The minimum Gasteiger partial charge on any atom is -0.382 e. The lowest BCUT2D eigenvalue weighted by Gasteiger charge is -2.06. The molecule has 2 aromatic rings. The van der Waals surface area contributed by atoms with Gasteiger partial charge in [-0.1, -0.05) is 0 Å². The van der Waals surface area contributed by atoms with Crippen LogP contribution in [0, 0.1) is 0 Å². The second-order valence-corrected chi connectivity index (χ2v) is 4.25. The number of imidazole rings is 1. The van der Waals surface area contributed by atoms with Crippen LogP contribution in [0.1, 0.15) is 12.2 Å². The van der Waals surface area contributed by atoms with Gasteiger partial charge in [0.05, 0.1) is 6.33 Å².